The fourth-order valence-corrected chi connectivity index (χ4v) is 3.57. The van der Waals surface area contributed by atoms with Gasteiger partial charge in [0.05, 0.1) is 5.71 Å². The maximum atomic E-state index is 9.36. The molecule has 0 fully saturated rings. The lowest BCUT2D eigenvalue weighted by molar-refractivity contribution is 0.506. The molecule has 4 nitrogen and oxygen atoms in total. The van der Waals surface area contributed by atoms with Gasteiger partial charge < -0.3 is 4.90 Å². The maximum absolute atomic E-state index is 9.36. The van der Waals surface area contributed by atoms with Crippen LogP contribution in [0.2, 0.25) is 0 Å². The summed E-state index contributed by atoms with van der Waals surface area (Å²) in [5, 5.41) is 9.36. The van der Waals surface area contributed by atoms with Gasteiger partial charge in [0.25, 0.3) is 5.91 Å². The Kier molecular flexibility index (Phi) is 4.01. The van der Waals surface area contributed by atoms with Gasteiger partial charge in [0.15, 0.2) is 5.82 Å². The number of hydrogen-bond acceptors (Lipinski definition) is 4. The van der Waals surface area contributed by atoms with Crippen molar-refractivity contribution in [2.75, 3.05) is 14.1 Å². The van der Waals surface area contributed by atoms with E-state index in [1.807, 2.05) is 30.3 Å². The van der Waals surface area contributed by atoms with Gasteiger partial charge in [-0.15, -0.1) is 0 Å². The molecule has 1 aliphatic heterocycles. The van der Waals surface area contributed by atoms with Gasteiger partial charge in [0.2, 0.25) is 0 Å². The highest BCUT2D eigenvalue weighted by atomic mass is 35.9. The van der Waals surface area contributed by atoms with Gasteiger partial charge in [-0.1, -0.05) is 30.3 Å². The molecule has 98 valence electrons. The molecule has 7 heteroatoms. The van der Waals surface area contributed by atoms with Crippen LogP contribution in [0.5, 0.6) is 0 Å². The summed E-state index contributed by atoms with van der Waals surface area (Å²) < 4.78 is 8.43. The average Bonchev–Trinajstić information content (AvgIpc) is 2.38. The van der Waals surface area contributed by atoms with Gasteiger partial charge >= 0.3 is 0 Å². The van der Waals surface area contributed by atoms with Crippen LogP contribution < -0.4 is 0 Å². The molecule has 19 heavy (non-hydrogen) atoms. The Morgan fingerprint density at radius 3 is 2.37 bits per heavy atom. The molecule has 0 radical (unpaired) electrons. The first-order valence-electron chi connectivity index (χ1n) is 5.44. The van der Waals surface area contributed by atoms with Crippen LogP contribution in [0, 0.1) is 11.3 Å². The van der Waals surface area contributed by atoms with Crippen molar-refractivity contribution in [2.24, 2.45) is 9.51 Å². The predicted molar refractivity (Wildman–Crippen MR) is 80.4 cm³/mol. The van der Waals surface area contributed by atoms with E-state index in [4.69, 9.17) is 22.5 Å². The van der Waals surface area contributed by atoms with Crippen LogP contribution >= 0.6 is 28.4 Å². The van der Waals surface area contributed by atoms with Crippen molar-refractivity contribution < 1.29 is 0 Å². The second-order valence-corrected chi connectivity index (χ2v) is 8.73. The van der Waals surface area contributed by atoms with Crippen LogP contribution in [0.3, 0.4) is 0 Å². The Morgan fingerprint density at radius 1 is 1.21 bits per heavy atom. The number of halogens is 2. The molecule has 0 N–H and O–H groups in total. The quantitative estimate of drug-likeness (QED) is 0.768. The SMILES string of the molecule is CN(C)C1=C(C#N)C(c2ccccc2)=NP(Cl)(Cl)=N1. The molecule has 0 saturated carbocycles. The summed E-state index contributed by atoms with van der Waals surface area (Å²) >= 11 is 12.3. The fraction of sp³-hybridized carbons (Fsp3) is 0.167. The first-order chi connectivity index (χ1) is 8.94. The van der Waals surface area contributed by atoms with Crippen LogP contribution in [0.15, 0.2) is 51.2 Å². The van der Waals surface area contributed by atoms with E-state index in [0.717, 1.165) is 5.56 Å². The third kappa shape index (κ3) is 3.01. The molecule has 0 saturated heterocycles. The Balaban J connectivity index is 2.70. The minimum atomic E-state index is -2.81. The Bertz CT molecular complexity index is 650. The largest absolute Gasteiger partial charge is 0.362 e. The van der Waals surface area contributed by atoms with Gasteiger partial charge in [0, 0.05) is 19.7 Å². The van der Waals surface area contributed by atoms with E-state index >= 15 is 0 Å². The summed E-state index contributed by atoms with van der Waals surface area (Å²) in [6.45, 7) is 0. The lowest BCUT2D eigenvalue weighted by atomic mass is 10.0. The van der Waals surface area contributed by atoms with Gasteiger partial charge in [-0.25, -0.2) is 4.76 Å². The molecule has 0 aliphatic carbocycles. The van der Waals surface area contributed by atoms with Crippen molar-refractivity contribution in [3.8, 4) is 6.07 Å². The monoisotopic (exact) mass is 312 g/mol. The molecule has 1 aliphatic rings. The van der Waals surface area contributed by atoms with E-state index < -0.39 is 5.91 Å². The predicted octanol–water partition coefficient (Wildman–Crippen LogP) is 4.21. The number of allylic oxidation sites excluding steroid dienone is 1. The van der Waals surface area contributed by atoms with E-state index in [0.29, 0.717) is 17.1 Å². The first-order valence-corrected chi connectivity index (χ1v) is 8.94. The topological polar surface area (TPSA) is 51.8 Å². The van der Waals surface area contributed by atoms with Crippen LogP contribution in [0.4, 0.5) is 0 Å². The second kappa shape index (κ2) is 5.38. The van der Waals surface area contributed by atoms with E-state index in [1.54, 1.807) is 19.0 Å². The van der Waals surface area contributed by atoms with E-state index in [2.05, 4.69) is 15.6 Å². The zero-order valence-electron chi connectivity index (χ0n) is 10.4. The second-order valence-electron chi connectivity index (χ2n) is 4.08. The number of benzene rings is 1. The summed E-state index contributed by atoms with van der Waals surface area (Å²) in [4.78, 5) is 1.72. The molecule has 0 spiro atoms. The molecule has 0 aromatic heterocycles. The Labute approximate surface area is 121 Å². The minimum absolute atomic E-state index is 0.383. The van der Waals surface area contributed by atoms with Crippen molar-refractivity contribution in [3.63, 3.8) is 0 Å². The molecular weight excluding hydrogens is 302 g/mol. The normalized spacial score (nSPS) is 17.3. The number of nitrogens with zero attached hydrogens (tertiary/aromatic N) is 4. The van der Waals surface area contributed by atoms with Gasteiger partial charge in [-0.2, -0.15) is 10.0 Å². The van der Waals surface area contributed by atoms with E-state index in [1.165, 1.54) is 0 Å². The fourth-order valence-electron chi connectivity index (χ4n) is 1.68. The van der Waals surface area contributed by atoms with Crippen LogP contribution in [0.1, 0.15) is 5.56 Å². The highest BCUT2D eigenvalue weighted by Crippen LogP contribution is 2.64. The highest BCUT2D eigenvalue weighted by molar-refractivity contribution is 8.09. The Morgan fingerprint density at radius 2 is 1.84 bits per heavy atom. The summed E-state index contributed by atoms with van der Waals surface area (Å²) in [6, 6.07) is 11.5. The van der Waals surface area contributed by atoms with Crippen molar-refractivity contribution in [2.45, 2.75) is 0 Å². The third-order valence-electron chi connectivity index (χ3n) is 2.48. The average molecular weight is 313 g/mol. The molecule has 1 aromatic carbocycles. The molecule has 0 amide bonds. The summed E-state index contributed by atoms with van der Waals surface area (Å²) in [5.74, 6) is -2.34. The number of hydrogen-bond donors (Lipinski definition) is 0. The third-order valence-corrected chi connectivity index (χ3v) is 4.26. The molecule has 0 unspecified atom stereocenters. The van der Waals surface area contributed by atoms with Gasteiger partial charge in [0.1, 0.15) is 11.6 Å². The van der Waals surface area contributed by atoms with Crippen molar-refractivity contribution in [3.05, 3.63) is 47.3 Å². The highest BCUT2D eigenvalue weighted by Gasteiger charge is 2.26. The number of nitriles is 1. The maximum Gasteiger partial charge on any atom is 0.255 e. The minimum Gasteiger partial charge on any atom is -0.362 e. The lowest BCUT2D eigenvalue weighted by Gasteiger charge is -2.22. The van der Waals surface area contributed by atoms with E-state index in [9.17, 15) is 5.26 Å². The first kappa shape index (κ1) is 14.1. The zero-order valence-corrected chi connectivity index (χ0v) is 12.8. The zero-order chi connectivity index (χ0) is 14.0. The summed E-state index contributed by atoms with van der Waals surface area (Å²) in [5.41, 5.74) is 1.69. The van der Waals surface area contributed by atoms with Crippen molar-refractivity contribution >= 4 is 34.1 Å². The Hall–Kier alpha value is -1.27. The standard InChI is InChI=1S/C12H11Cl2N4P/c1-18(2)12-10(8-15)11(16-19(13,14)17-12)9-6-4-3-5-7-9/h3-7H,1-2H3. The van der Waals surface area contributed by atoms with E-state index in [-0.39, 0.29) is 0 Å². The molecule has 1 aromatic rings. The van der Waals surface area contributed by atoms with Crippen LogP contribution in [-0.2, 0) is 0 Å². The molecule has 2 rings (SSSR count). The van der Waals surface area contributed by atoms with Crippen LogP contribution in [0.25, 0.3) is 0 Å². The molecule has 0 atom stereocenters. The lowest BCUT2D eigenvalue weighted by Crippen LogP contribution is -2.18. The van der Waals surface area contributed by atoms with Crippen LogP contribution in [-0.4, -0.2) is 24.7 Å². The van der Waals surface area contributed by atoms with Gasteiger partial charge in [-0.05, 0) is 22.5 Å². The van der Waals surface area contributed by atoms with Crippen molar-refractivity contribution in [1.82, 2.24) is 4.90 Å². The smallest absolute Gasteiger partial charge is 0.255 e. The summed E-state index contributed by atoms with van der Waals surface area (Å²) in [6.07, 6.45) is 0. The van der Waals surface area contributed by atoms with Gasteiger partial charge in [-0.3, -0.25) is 0 Å². The molecule has 1 heterocycles. The molecule has 0 bridgehead atoms. The molecular formula is C12H11Cl2N4P. The summed E-state index contributed by atoms with van der Waals surface area (Å²) in [7, 11) is 3.58. The van der Waals surface area contributed by atoms with Crippen molar-refractivity contribution in [1.29, 1.82) is 5.26 Å². The number of rotatable bonds is 2.